The van der Waals surface area contributed by atoms with E-state index >= 15 is 0 Å². The van der Waals surface area contributed by atoms with Crippen LogP contribution in [0.25, 0.3) is 0 Å². The van der Waals surface area contributed by atoms with E-state index in [0.29, 0.717) is 76.7 Å². The number of nitrogens with zero attached hydrogens (tertiary/aromatic N) is 4. The number of hydrogen-bond donors (Lipinski definition) is 2. The molecule has 1 aromatic carbocycles. The van der Waals surface area contributed by atoms with Crippen LogP contribution >= 0.6 is 0 Å². The Morgan fingerprint density at radius 3 is 2.50 bits per heavy atom. The molecule has 13 heteroatoms. The van der Waals surface area contributed by atoms with Crippen LogP contribution < -0.4 is 5.32 Å². The average molecular weight is 558 g/mol. The van der Waals surface area contributed by atoms with Crippen molar-refractivity contribution in [3.8, 4) is 0 Å². The van der Waals surface area contributed by atoms with Gasteiger partial charge in [0.15, 0.2) is 0 Å². The summed E-state index contributed by atoms with van der Waals surface area (Å²) in [4.78, 5) is 39.2. The first-order valence-corrected chi connectivity index (χ1v) is 13.7. The fraction of sp³-hybridized carbons (Fsp3) is 0.593. The number of aromatic nitrogens is 3. The Morgan fingerprint density at radius 1 is 0.950 bits per heavy atom. The molecule has 1 aromatic heterocycles. The minimum absolute atomic E-state index is 0.00421. The van der Waals surface area contributed by atoms with Gasteiger partial charge in [0, 0.05) is 12.0 Å². The smallest absolute Gasteiger partial charge is 0.255 e. The zero-order chi connectivity index (χ0) is 27.9. The zero-order valence-electron chi connectivity index (χ0n) is 22.3. The number of aliphatic hydroxyl groups excluding tert-OH is 1. The van der Waals surface area contributed by atoms with E-state index in [-0.39, 0.29) is 43.6 Å². The summed E-state index contributed by atoms with van der Waals surface area (Å²) in [6.45, 7) is 3.41. The van der Waals surface area contributed by atoms with Gasteiger partial charge in [-0.25, -0.2) is 4.68 Å². The molecule has 216 valence electrons. The van der Waals surface area contributed by atoms with Crippen molar-refractivity contribution in [1.82, 2.24) is 25.2 Å². The maximum absolute atomic E-state index is 13.3. The van der Waals surface area contributed by atoms with Crippen molar-refractivity contribution < 1.29 is 38.4 Å². The Kier molecular flexibility index (Phi) is 9.49. The van der Waals surface area contributed by atoms with E-state index in [1.165, 1.54) is 0 Å². The third-order valence-electron chi connectivity index (χ3n) is 7.33. The second kappa shape index (κ2) is 13.4. The number of aliphatic hydroxyl groups is 1. The second-order valence-corrected chi connectivity index (χ2v) is 9.91. The Morgan fingerprint density at radius 2 is 1.73 bits per heavy atom. The molecule has 2 aliphatic heterocycles. The highest BCUT2D eigenvalue weighted by Gasteiger charge is 2.48. The molecule has 3 aliphatic rings. The number of carbonyl (C=O) groups excluding carboxylic acids is 3. The van der Waals surface area contributed by atoms with Gasteiger partial charge in [-0.1, -0.05) is 17.3 Å². The monoisotopic (exact) mass is 557 g/mol. The summed E-state index contributed by atoms with van der Waals surface area (Å²) in [5.41, 5.74) is 3.19. The van der Waals surface area contributed by atoms with Crippen LogP contribution in [0.2, 0.25) is 0 Å². The molecule has 3 heterocycles. The van der Waals surface area contributed by atoms with Crippen LogP contribution in [0.1, 0.15) is 65.0 Å². The molecule has 0 bridgehead atoms. The second-order valence-electron chi connectivity index (χ2n) is 9.91. The van der Waals surface area contributed by atoms with Crippen LogP contribution in [0.4, 0.5) is 0 Å². The van der Waals surface area contributed by atoms with Crippen LogP contribution in [-0.4, -0.2) is 95.0 Å². The number of benzene rings is 1. The van der Waals surface area contributed by atoms with E-state index in [1.807, 2.05) is 18.3 Å². The Bertz CT molecular complexity index is 1200. The molecule has 5 rings (SSSR count). The molecule has 2 N–H and O–H groups in total. The molecule has 0 spiro atoms. The van der Waals surface area contributed by atoms with Crippen molar-refractivity contribution in [2.24, 2.45) is 0 Å². The highest BCUT2D eigenvalue weighted by atomic mass is 16.5. The van der Waals surface area contributed by atoms with Crippen molar-refractivity contribution in [3.63, 3.8) is 0 Å². The van der Waals surface area contributed by atoms with Gasteiger partial charge in [-0.2, -0.15) is 0 Å². The van der Waals surface area contributed by atoms with Gasteiger partial charge in [-0.3, -0.25) is 19.7 Å². The molecule has 0 radical (unpaired) electrons. The van der Waals surface area contributed by atoms with E-state index in [1.54, 1.807) is 15.6 Å². The van der Waals surface area contributed by atoms with E-state index in [4.69, 9.17) is 24.1 Å². The van der Waals surface area contributed by atoms with Crippen LogP contribution in [0.15, 0.2) is 24.4 Å². The first-order chi connectivity index (χ1) is 19.6. The number of ether oxygens (including phenoxy) is 4. The molecule has 3 atom stereocenters. The van der Waals surface area contributed by atoms with Gasteiger partial charge in [-0.05, 0) is 36.5 Å². The van der Waals surface area contributed by atoms with E-state index in [0.717, 1.165) is 11.1 Å². The van der Waals surface area contributed by atoms with Crippen molar-refractivity contribution in [2.45, 2.75) is 57.0 Å². The fourth-order valence-electron chi connectivity index (χ4n) is 5.53. The predicted molar refractivity (Wildman–Crippen MR) is 138 cm³/mol. The van der Waals surface area contributed by atoms with Gasteiger partial charge in [0.05, 0.1) is 77.7 Å². The van der Waals surface area contributed by atoms with E-state index in [9.17, 15) is 14.4 Å². The van der Waals surface area contributed by atoms with Crippen molar-refractivity contribution >= 4 is 17.7 Å². The first-order valence-electron chi connectivity index (χ1n) is 13.7. The Hall–Kier alpha value is -3.23. The van der Waals surface area contributed by atoms with Gasteiger partial charge in [0.2, 0.25) is 11.8 Å². The van der Waals surface area contributed by atoms with E-state index < -0.39 is 11.9 Å². The number of piperidine rings is 1. The van der Waals surface area contributed by atoms with Crippen LogP contribution in [-0.2, 0) is 41.7 Å². The van der Waals surface area contributed by atoms with Crippen molar-refractivity contribution in [3.05, 3.63) is 46.8 Å². The summed E-state index contributed by atoms with van der Waals surface area (Å²) in [7, 11) is 0. The summed E-state index contributed by atoms with van der Waals surface area (Å²) in [6.07, 6.45) is 3.55. The lowest BCUT2D eigenvalue weighted by Gasteiger charge is -2.37. The maximum Gasteiger partial charge on any atom is 0.255 e. The number of nitrogens with one attached hydrogen (secondary N) is 1. The highest BCUT2D eigenvalue weighted by molar-refractivity contribution is 6.06. The molecule has 13 nitrogen and oxygen atoms in total. The number of imide groups is 1. The molecule has 2 aromatic rings. The fourth-order valence-corrected chi connectivity index (χ4v) is 5.53. The highest BCUT2D eigenvalue weighted by Crippen LogP contribution is 2.48. The summed E-state index contributed by atoms with van der Waals surface area (Å²) in [5.74, 6) is -0.865. The number of hydrogen-bond acceptors (Lipinski definition) is 10. The van der Waals surface area contributed by atoms with Crippen molar-refractivity contribution in [2.75, 3.05) is 46.2 Å². The minimum atomic E-state index is -0.642. The summed E-state index contributed by atoms with van der Waals surface area (Å²) in [5, 5.41) is 19.4. The Balaban J connectivity index is 1.10. The normalized spacial score (nSPS) is 22.1. The third kappa shape index (κ3) is 6.39. The average Bonchev–Trinajstić information content (AvgIpc) is 3.52. The maximum atomic E-state index is 13.3. The van der Waals surface area contributed by atoms with Gasteiger partial charge in [0.25, 0.3) is 5.91 Å². The molecule has 1 aliphatic carbocycles. The standard InChI is InChI=1S/C27H35N5O8/c33-9-11-38-13-15-39-14-12-37-10-8-31-16-18(29-30-31)17-40-23-6-4-21-25-19(23)2-1-3-20(25)27(36)32(21)22-5-7-24(34)28-26(22)35/h1-3,16,21-23,33H,4-15,17H2,(H,28,34,35). The lowest BCUT2D eigenvalue weighted by molar-refractivity contribution is -0.137. The van der Waals surface area contributed by atoms with Gasteiger partial charge >= 0.3 is 0 Å². The van der Waals surface area contributed by atoms with Gasteiger partial charge in [0.1, 0.15) is 11.7 Å². The molecule has 3 unspecified atom stereocenters. The van der Waals surface area contributed by atoms with Crippen molar-refractivity contribution in [1.29, 1.82) is 0 Å². The first kappa shape index (κ1) is 28.3. The summed E-state index contributed by atoms with van der Waals surface area (Å²) >= 11 is 0. The Labute approximate surface area is 231 Å². The minimum Gasteiger partial charge on any atom is -0.394 e. The molecule has 3 amide bonds. The lowest BCUT2D eigenvalue weighted by atomic mass is 9.84. The quantitative estimate of drug-likeness (QED) is 0.236. The summed E-state index contributed by atoms with van der Waals surface area (Å²) < 4.78 is 24.0. The molecule has 1 fully saturated rings. The number of carbonyl (C=O) groups is 3. The largest absolute Gasteiger partial charge is 0.394 e. The van der Waals surface area contributed by atoms with Gasteiger partial charge in [-0.15, -0.1) is 5.10 Å². The lowest BCUT2D eigenvalue weighted by Crippen LogP contribution is -2.53. The molecular formula is C27H35N5O8. The third-order valence-corrected chi connectivity index (χ3v) is 7.33. The number of amides is 3. The van der Waals surface area contributed by atoms with Crippen LogP contribution in [0.5, 0.6) is 0 Å². The molecular weight excluding hydrogens is 522 g/mol. The molecule has 1 saturated heterocycles. The molecule has 40 heavy (non-hydrogen) atoms. The number of rotatable bonds is 15. The molecule has 0 saturated carbocycles. The topological polar surface area (TPSA) is 154 Å². The summed E-state index contributed by atoms with van der Waals surface area (Å²) in [6, 6.07) is 4.79. The SMILES string of the molecule is O=C1CCC(N2C(=O)c3cccc4c3C2CCC4OCc2cn(CCOCCOCCOCCO)nn2)C(=O)N1. The van der Waals surface area contributed by atoms with Crippen LogP contribution in [0, 0.1) is 0 Å². The van der Waals surface area contributed by atoms with E-state index in [2.05, 4.69) is 15.6 Å². The van der Waals surface area contributed by atoms with Gasteiger partial charge < -0.3 is 29.0 Å². The van der Waals surface area contributed by atoms with Crippen LogP contribution in [0.3, 0.4) is 0 Å². The predicted octanol–water partition coefficient (Wildman–Crippen LogP) is 0.674. The zero-order valence-corrected chi connectivity index (χ0v) is 22.3.